The number of carbonyl (C=O) groups is 1. The summed E-state index contributed by atoms with van der Waals surface area (Å²) in [7, 11) is 0. The average molecular weight is 295 g/mol. The quantitative estimate of drug-likeness (QED) is 0.712. The summed E-state index contributed by atoms with van der Waals surface area (Å²) in [5, 5.41) is 2.82. The highest BCUT2D eigenvalue weighted by atomic mass is 19.1. The first kappa shape index (κ1) is 15.8. The Kier molecular flexibility index (Phi) is 5.99. The molecule has 1 fully saturated rings. The maximum atomic E-state index is 12.7. The third-order valence-electron chi connectivity index (χ3n) is 3.35. The fourth-order valence-electron chi connectivity index (χ4n) is 1.79. The predicted octanol–water partition coefficient (Wildman–Crippen LogP) is 2.53. The Morgan fingerprint density at radius 1 is 1.38 bits per heavy atom. The highest BCUT2D eigenvalue weighted by molar-refractivity contribution is 5.80. The zero-order valence-electron chi connectivity index (χ0n) is 12.3. The molecule has 1 aliphatic rings. The van der Waals surface area contributed by atoms with Gasteiger partial charge in [0.2, 0.25) is 5.91 Å². The summed E-state index contributed by atoms with van der Waals surface area (Å²) in [5.41, 5.74) is 0. The van der Waals surface area contributed by atoms with Gasteiger partial charge in [-0.05, 0) is 56.4 Å². The second-order valence-electron chi connectivity index (χ2n) is 5.37. The Morgan fingerprint density at radius 3 is 2.76 bits per heavy atom. The van der Waals surface area contributed by atoms with Gasteiger partial charge in [-0.15, -0.1) is 0 Å². The van der Waals surface area contributed by atoms with Gasteiger partial charge in [-0.3, -0.25) is 4.79 Å². The number of nitrogens with one attached hydrogen (secondary N) is 1. The monoisotopic (exact) mass is 295 g/mol. The molecule has 0 aromatic heterocycles. The van der Waals surface area contributed by atoms with Crippen molar-refractivity contribution in [2.24, 2.45) is 5.92 Å². The van der Waals surface area contributed by atoms with Crippen LogP contribution in [0.3, 0.4) is 0 Å². The van der Waals surface area contributed by atoms with E-state index in [4.69, 9.17) is 9.47 Å². The van der Waals surface area contributed by atoms with Gasteiger partial charge < -0.3 is 14.8 Å². The minimum absolute atomic E-state index is 0.0857. The molecule has 1 aromatic rings. The van der Waals surface area contributed by atoms with E-state index in [2.05, 4.69) is 5.32 Å². The lowest BCUT2D eigenvalue weighted by atomic mass is 10.3. The number of benzene rings is 1. The number of hydrogen-bond acceptors (Lipinski definition) is 3. The molecule has 1 atom stereocenters. The van der Waals surface area contributed by atoms with Crippen LogP contribution in [0.4, 0.5) is 4.39 Å². The molecule has 0 saturated heterocycles. The molecular weight excluding hydrogens is 273 g/mol. The van der Waals surface area contributed by atoms with Crippen LogP contribution in [-0.4, -0.2) is 31.8 Å². The summed E-state index contributed by atoms with van der Waals surface area (Å²) in [4.78, 5) is 11.7. The first-order valence-electron chi connectivity index (χ1n) is 7.43. The number of halogens is 1. The molecule has 1 N–H and O–H groups in total. The number of amides is 1. The lowest BCUT2D eigenvalue weighted by Gasteiger charge is -2.13. The zero-order chi connectivity index (χ0) is 15.1. The number of carbonyl (C=O) groups excluding carboxylic acids is 1. The largest absolute Gasteiger partial charge is 0.494 e. The molecule has 2 rings (SSSR count). The summed E-state index contributed by atoms with van der Waals surface area (Å²) in [5.74, 6) is 0.917. The number of ether oxygens (including phenoxy) is 2. The maximum absolute atomic E-state index is 12.7. The van der Waals surface area contributed by atoms with E-state index in [1.54, 1.807) is 19.1 Å². The summed E-state index contributed by atoms with van der Waals surface area (Å²) in [6.45, 7) is 3.47. The minimum Gasteiger partial charge on any atom is -0.494 e. The Balaban J connectivity index is 1.52. The van der Waals surface area contributed by atoms with E-state index in [0.717, 1.165) is 0 Å². The first-order chi connectivity index (χ1) is 10.1. The van der Waals surface area contributed by atoms with Gasteiger partial charge >= 0.3 is 0 Å². The van der Waals surface area contributed by atoms with Gasteiger partial charge in [0.1, 0.15) is 17.7 Å². The lowest BCUT2D eigenvalue weighted by Crippen LogP contribution is -2.35. The van der Waals surface area contributed by atoms with Crippen LogP contribution in [0.5, 0.6) is 5.75 Å². The van der Waals surface area contributed by atoms with Crippen LogP contribution in [0.15, 0.2) is 24.3 Å². The molecule has 0 radical (unpaired) electrons. The van der Waals surface area contributed by atoms with Crippen molar-refractivity contribution in [1.82, 2.24) is 5.32 Å². The molecule has 21 heavy (non-hydrogen) atoms. The first-order valence-corrected chi connectivity index (χ1v) is 7.43. The Labute approximate surface area is 124 Å². The van der Waals surface area contributed by atoms with E-state index >= 15 is 0 Å². The molecule has 0 spiro atoms. The minimum atomic E-state index is -0.399. The average Bonchev–Trinajstić information content (AvgIpc) is 3.30. The highest BCUT2D eigenvalue weighted by Gasteiger charge is 2.23. The van der Waals surface area contributed by atoms with Gasteiger partial charge in [0.25, 0.3) is 0 Å². The second-order valence-corrected chi connectivity index (χ2v) is 5.37. The van der Waals surface area contributed by atoms with Gasteiger partial charge in [0.15, 0.2) is 0 Å². The maximum Gasteiger partial charge on any atom is 0.248 e. The standard InChI is InChI=1S/C16H22FNO3/c1-12(21-11-13-3-4-13)16(19)18-9-2-10-20-15-7-5-14(17)6-8-15/h5-8,12-13H,2-4,9-11H2,1H3,(H,18,19). The number of rotatable bonds is 9. The van der Waals surface area contributed by atoms with Crippen LogP contribution in [0.1, 0.15) is 26.2 Å². The van der Waals surface area contributed by atoms with Crippen molar-refractivity contribution in [2.45, 2.75) is 32.3 Å². The van der Waals surface area contributed by atoms with Gasteiger partial charge in [0, 0.05) is 6.54 Å². The van der Waals surface area contributed by atoms with E-state index in [-0.39, 0.29) is 11.7 Å². The van der Waals surface area contributed by atoms with Gasteiger partial charge in [-0.1, -0.05) is 0 Å². The van der Waals surface area contributed by atoms with Crippen LogP contribution in [0, 0.1) is 11.7 Å². The molecule has 0 heterocycles. The van der Waals surface area contributed by atoms with Crippen LogP contribution in [0.25, 0.3) is 0 Å². The zero-order valence-corrected chi connectivity index (χ0v) is 12.3. The SMILES string of the molecule is CC(OCC1CC1)C(=O)NCCCOc1ccc(F)cc1. The third-order valence-corrected chi connectivity index (χ3v) is 3.35. The summed E-state index contributed by atoms with van der Waals surface area (Å²) in [6.07, 6.45) is 2.73. The fraction of sp³-hybridized carbons (Fsp3) is 0.562. The highest BCUT2D eigenvalue weighted by Crippen LogP contribution is 2.29. The van der Waals surface area contributed by atoms with Crippen LogP contribution in [-0.2, 0) is 9.53 Å². The van der Waals surface area contributed by atoms with Crippen molar-refractivity contribution in [2.75, 3.05) is 19.8 Å². The molecule has 5 heteroatoms. The third kappa shape index (κ3) is 6.12. The van der Waals surface area contributed by atoms with Crippen molar-refractivity contribution < 1.29 is 18.7 Å². The Hall–Kier alpha value is -1.62. The smallest absolute Gasteiger partial charge is 0.248 e. The molecule has 4 nitrogen and oxygen atoms in total. The van der Waals surface area contributed by atoms with E-state index in [9.17, 15) is 9.18 Å². The van der Waals surface area contributed by atoms with E-state index in [0.29, 0.717) is 37.8 Å². The molecule has 116 valence electrons. The second kappa shape index (κ2) is 7.98. The fourth-order valence-corrected chi connectivity index (χ4v) is 1.79. The summed E-state index contributed by atoms with van der Waals surface area (Å²) >= 11 is 0. The summed E-state index contributed by atoms with van der Waals surface area (Å²) < 4.78 is 23.6. The van der Waals surface area contributed by atoms with E-state index in [1.807, 2.05) is 0 Å². The van der Waals surface area contributed by atoms with Crippen molar-refractivity contribution in [3.63, 3.8) is 0 Å². The van der Waals surface area contributed by atoms with E-state index in [1.165, 1.54) is 25.0 Å². The molecule has 1 aliphatic carbocycles. The Morgan fingerprint density at radius 2 is 2.10 bits per heavy atom. The van der Waals surface area contributed by atoms with Crippen LogP contribution >= 0.6 is 0 Å². The van der Waals surface area contributed by atoms with Crippen molar-refractivity contribution in [1.29, 1.82) is 0 Å². The molecule has 0 bridgehead atoms. The molecule has 0 aliphatic heterocycles. The van der Waals surface area contributed by atoms with Crippen LogP contribution in [0.2, 0.25) is 0 Å². The lowest BCUT2D eigenvalue weighted by molar-refractivity contribution is -0.132. The molecule has 1 aromatic carbocycles. The van der Waals surface area contributed by atoms with Gasteiger partial charge in [0.05, 0.1) is 13.2 Å². The normalized spacial score (nSPS) is 15.5. The molecule has 1 saturated carbocycles. The van der Waals surface area contributed by atoms with Crippen LogP contribution < -0.4 is 10.1 Å². The predicted molar refractivity (Wildman–Crippen MR) is 77.7 cm³/mol. The van der Waals surface area contributed by atoms with Crippen molar-refractivity contribution in [3.8, 4) is 5.75 Å². The van der Waals surface area contributed by atoms with E-state index < -0.39 is 6.10 Å². The van der Waals surface area contributed by atoms with Crippen molar-refractivity contribution >= 4 is 5.91 Å². The Bertz CT molecular complexity index is 445. The van der Waals surface area contributed by atoms with Gasteiger partial charge in [-0.25, -0.2) is 4.39 Å². The number of hydrogen-bond donors (Lipinski definition) is 1. The topological polar surface area (TPSA) is 47.6 Å². The van der Waals surface area contributed by atoms with Gasteiger partial charge in [-0.2, -0.15) is 0 Å². The summed E-state index contributed by atoms with van der Waals surface area (Å²) in [6, 6.07) is 5.88. The molecule has 1 amide bonds. The molecule has 1 unspecified atom stereocenters. The molecular formula is C16H22FNO3. The van der Waals surface area contributed by atoms with Crippen molar-refractivity contribution in [3.05, 3.63) is 30.1 Å².